The number of rotatable bonds is 4. The Hall–Kier alpha value is -1.82. The molecule has 0 aliphatic carbocycles. The molecule has 0 amide bonds. The lowest BCUT2D eigenvalue weighted by Gasteiger charge is -2.23. The molecule has 0 radical (unpaired) electrons. The molecule has 2 aliphatic rings. The van der Waals surface area contributed by atoms with E-state index < -0.39 is 0 Å². The molecule has 0 saturated carbocycles. The number of aryl methyl sites for hydroxylation is 1. The van der Waals surface area contributed by atoms with Gasteiger partial charge in [0.1, 0.15) is 5.75 Å². The van der Waals surface area contributed by atoms with Gasteiger partial charge in [-0.05, 0) is 33.1 Å². The molecule has 3 heterocycles. The average molecular weight is 318 g/mol. The Morgan fingerprint density at radius 2 is 2.26 bits per heavy atom. The Labute approximate surface area is 137 Å². The van der Waals surface area contributed by atoms with Gasteiger partial charge in [0, 0.05) is 24.4 Å². The first-order valence-electron chi connectivity index (χ1n) is 8.24. The van der Waals surface area contributed by atoms with Gasteiger partial charge >= 0.3 is 0 Å². The SMILES string of the molecule is CN=C(NCc1ncc(C)c(OC)c1C)NC1CC2CCC1O2. The van der Waals surface area contributed by atoms with Gasteiger partial charge in [-0.3, -0.25) is 9.98 Å². The molecule has 3 unspecified atom stereocenters. The number of nitrogens with one attached hydrogen (secondary N) is 2. The van der Waals surface area contributed by atoms with Crippen molar-refractivity contribution in [2.75, 3.05) is 14.2 Å². The predicted octanol–water partition coefficient (Wildman–Crippen LogP) is 1.69. The number of hydrogen-bond donors (Lipinski definition) is 2. The third-order valence-electron chi connectivity index (χ3n) is 4.82. The molecule has 2 N–H and O–H groups in total. The summed E-state index contributed by atoms with van der Waals surface area (Å²) in [6.07, 6.45) is 6.03. The van der Waals surface area contributed by atoms with Crippen molar-refractivity contribution in [3.8, 4) is 5.75 Å². The first-order valence-corrected chi connectivity index (χ1v) is 8.24. The van der Waals surface area contributed by atoms with Crippen molar-refractivity contribution >= 4 is 5.96 Å². The van der Waals surface area contributed by atoms with E-state index in [2.05, 4.69) is 20.6 Å². The first kappa shape index (κ1) is 16.1. The van der Waals surface area contributed by atoms with Crippen molar-refractivity contribution in [2.45, 2.75) is 57.9 Å². The number of fused-ring (bicyclic) bond motifs is 2. The summed E-state index contributed by atoms with van der Waals surface area (Å²) < 4.78 is 11.3. The molecule has 2 saturated heterocycles. The van der Waals surface area contributed by atoms with Crippen LogP contribution in [0.5, 0.6) is 5.75 Å². The molecule has 3 rings (SSSR count). The quantitative estimate of drug-likeness (QED) is 0.653. The highest BCUT2D eigenvalue weighted by molar-refractivity contribution is 5.80. The topological polar surface area (TPSA) is 67.8 Å². The van der Waals surface area contributed by atoms with Crippen molar-refractivity contribution in [1.29, 1.82) is 0 Å². The second-order valence-electron chi connectivity index (χ2n) is 6.33. The highest BCUT2D eigenvalue weighted by atomic mass is 16.5. The van der Waals surface area contributed by atoms with Gasteiger partial charge in [0.25, 0.3) is 0 Å². The van der Waals surface area contributed by atoms with Crippen LogP contribution in [-0.2, 0) is 11.3 Å². The largest absolute Gasteiger partial charge is 0.496 e. The number of methoxy groups -OCH3 is 1. The number of nitrogens with zero attached hydrogens (tertiary/aromatic N) is 2. The highest BCUT2D eigenvalue weighted by Crippen LogP contribution is 2.34. The normalized spacial score (nSPS) is 26.4. The van der Waals surface area contributed by atoms with Crippen LogP contribution in [0.2, 0.25) is 0 Å². The van der Waals surface area contributed by atoms with Crippen LogP contribution in [0, 0.1) is 13.8 Å². The van der Waals surface area contributed by atoms with E-state index in [9.17, 15) is 0 Å². The van der Waals surface area contributed by atoms with Crippen molar-refractivity contribution in [3.05, 3.63) is 23.0 Å². The summed E-state index contributed by atoms with van der Waals surface area (Å²) in [5, 5.41) is 6.83. The van der Waals surface area contributed by atoms with Gasteiger partial charge in [0.15, 0.2) is 5.96 Å². The molecule has 126 valence electrons. The summed E-state index contributed by atoms with van der Waals surface area (Å²) in [4.78, 5) is 8.83. The first-order chi connectivity index (χ1) is 11.1. The summed E-state index contributed by atoms with van der Waals surface area (Å²) in [6, 6.07) is 0.363. The second kappa shape index (κ2) is 6.74. The van der Waals surface area contributed by atoms with Crippen LogP contribution >= 0.6 is 0 Å². The van der Waals surface area contributed by atoms with E-state index >= 15 is 0 Å². The van der Waals surface area contributed by atoms with Gasteiger partial charge in [-0.1, -0.05) is 0 Å². The van der Waals surface area contributed by atoms with Gasteiger partial charge in [0.05, 0.1) is 37.6 Å². The monoisotopic (exact) mass is 318 g/mol. The number of aliphatic imine (C=N–C) groups is 1. The molecule has 1 aromatic heterocycles. The molecule has 1 aromatic rings. The van der Waals surface area contributed by atoms with E-state index in [4.69, 9.17) is 9.47 Å². The van der Waals surface area contributed by atoms with Crippen LogP contribution in [0.3, 0.4) is 0 Å². The van der Waals surface area contributed by atoms with Crippen LogP contribution in [0.4, 0.5) is 0 Å². The Morgan fingerprint density at radius 3 is 2.87 bits per heavy atom. The van der Waals surface area contributed by atoms with Crippen molar-refractivity contribution < 1.29 is 9.47 Å². The lowest BCUT2D eigenvalue weighted by Crippen LogP contribution is -2.47. The molecule has 2 aliphatic heterocycles. The summed E-state index contributed by atoms with van der Waals surface area (Å²) in [7, 11) is 3.49. The maximum absolute atomic E-state index is 5.88. The Bertz CT molecular complexity index is 603. The van der Waals surface area contributed by atoms with E-state index in [1.165, 1.54) is 6.42 Å². The van der Waals surface area contributed by atoms with E-state index in [1.807, 2.05) is 20.0 Å². The average Bonchev–Trinajstić information content (AvgIpc) is 3.16. The van der Waals surface area contributed by atoms with Crippen LogP contribution in [0.15, 0.2) is 11.2 Å². The summed E-state index contributed by atoms with van der Waals surface area (Å²) in [5.74, 6) is 1.70. The fourth-order valence-electron chi connectivity index (χ4n) is 3.58. The van der Waals surface area contributed by atoms with Gasteiger partial charge < -0.3 is 20.1 Å². The fraction of sp³-hybridized carbons (Fsp3) is 0.647. The standard InChI is InChI=1S/C17H26N4O2/c1-10-8-19-14(11(2)16(10)22-4)9-20-17(18-3)21-13-7-12-5-6-15(13)23-12/h8,12-13,15H,5-7,9H2,1-4H3,(H2,18,20,21). The molecule has 23 heavy (non-hydrogen) atoms. The highest BCUT2D eigenvalue weighted by Gasteiger charge is 2.41. The number of ether oxygens (including phenoxy) is 2. The third kappa shape index (κ3) is 3.27. The maximum atomic E-state index is 5.88. The molecule has 0 spiro atoms. The maximum Gasteiger partial charge on any atom is 0.191 e. The zero-order valence-corrected chi connectivity index (χ0v) is 14.3. The van der Waals surface area contributed by atoms with Gasteiger partial charge in [0.2, 0.25) is 0 Å². The van der Waals surface area contributed by atoms with Crippen molar-refractivity contribution in [2.24, 2.45) is 4.99 Å². The number of guanidine groups is 1. The van der Waals surface area contributed by atoms with Gasteiger partial charge in [-0.25, -0.2) is 0 Å². The van der Waals surface area contributed by atoms with E-state index in [0.29, 0.717) is 24.8 Å². The van der Waals surface area contributed by atoms with Crippen LogP contribution in [0.25, 0.3) is 0 Å². The summed E-state index contributed by atoms with van der Waals surface area (Å²) in [6.45, 7) is 4.66. The van der Waals surface area contributed by atoms with Crippen LogP contribution in [-0.4, -0.2) is 43.4 Å². The molecule has 6 heteroatoms. The molecule has 2 fully saturated rings. The minimum Gasteiger partial charge on any atom is -0.496 e. The Balaban J connectivity index is 1.60. The molecule has 3 atom stereocenters. The predicted molar refractivity (Wildman–Crippen MR) is 89.9 cm³/mol. The van der Waals surface area contributed by atoms with E-state index in [0.717, 1.165) is 41.4 Å². The number of hydrogen-bond acceptors (Lipinski definition) is 4. The van der Waals surface area contributed by atoms with Gasteiger partial charge in [-0.2, -0.15) is 0 Å². The lowest BCUT2D eigenvalue weighted by atomic mass is 9.96. The fourth-order valence-corrected chi connectivity index (χ4v) is 3.58. The molecule has 2 bridgehead atoms. The second-order valence-corrected chi connectivity index (χ2v) is 6.33. The number of aromatic nitrogens is 1. The lowest BCUT2D eigenvalue weighted by molar-refractivity contribution is 0.0992. The summed E-state index contributed by atoms with van der Waals surface area (Å²) in [5.41, 5.74) is 3.09. The Kier molecular flexibility index (Phi) is 4.71. The molecular formula is C17H26N4O2. The van der Waals surface area contributed by atoms with Crippen LogP contribution in [0.1, 0.15) is 36.1 Å². The van der Waals surface area contributed by atoms with Crippen molar-refractivity contribution in [3.63, 3.8) is 0 Å². The smallest absolute Gasteiger partial charge is 0.191 e. The third-order valence-corrected chi connectivity index (χ3v) is 4.82. The molecule has 0 aromatic carbocycles. The minimum absolute atomic E-state index is 0.331. The molecule has 6 nitrogen and oxygen atoms in total. The molecular weight excluding hydrogens is 292 g/mol. The van der Waals surface area contributed by atoms with E-state index in [1.54, 1.807) is 14.2 Å². The van der Waals surface area contributed by atoms with Gasteiger partial charge in [-0.15, -0.1) is 0 Å². The minimum atomic E-state index is 0.331. The summed E-state index contributed by atoms with van der Waals surface area (Å²) >= 11 is 0. The van der Waals surface area contributed by atoms with E-state index in [-0.39, 0.29) is 0 Å². The number of pyridine rings is 1. The zero-order valence-electron chi connectivity index (χ0n) is 14.3. The van der Waals surface area contributed by atoms with Crippen molar-refractivity contribution in [1.82, 2.24) is 15.6 Å². The Morgan fingerprint density at radius 1 is 1.43 bits per heavy atom. The van der Waals surface area contributed by atoms with Crippen LogP contribution < -0.4 is 15.4 Å². The zero-order chi connectivity index (χ0) is 16.4.